The molecule has 0 aromatic heterocycles. The van der Waals surface area contributed by atoms with Gasteiger partial charge in [-0.3, -0.25) is 4.99 Å². The lowest BCUT2D eigenvalue weighted by molar-refractivity contribution is 0.666. The highest BCUT2D eigenvalue weighted by Crippen LogP contribution is 2.54. The molecule has 0 bridgehead atoms. The first kappa shape index (κ1) is 36.0. The van der Waals surface area contributed by atoms with Crippen molar-refractivity contribution in [3.8, 4) is 44.5 Å². The van der Waals surface area contributed by atoms with Crippen LogP contribution in [0.2, 0.25) is 0 Å². The lowest BCUT2D eigenvalue weighted by Crippen LogP contribution is -2.15. The maximum atomic E-state index is 9.24. The van der Waals surface area contributed by atoms with Crippen LogP contribution in [0.15, 0.2) is 211 Å². The highest BCUT2D eigenvalue weighted by Gasteiger charge is 2.38. The van der Waals surface area contributed by atoms with E-state index in [4.69, 9.17) is 4.99 Å². The molecule has 10 rings (SSSR count). The number of allylic oxidation sites excluding steroid dienone is 1. The summed E-state index contributed by atoms with van der Waals surface area (Å²) >= 11 is 0. The molecule has 0 amide bonds. The number of hydrogen-bond donors (Lipinski definition) is 1. The van der Waals surface area contributed by atoms with E-state index in [1.165, 1.54) is 44.2 Å². The Morgan fingerprint density at radius 1 is 0.475 bits per heavy atom. The molecule has 0 spiro atoms. The van der Waals surface area contributed by atoms with Gasteiger partial charge in [0.2, 0.25) is 0 Å². The number of benzene rings is 9. The Balaban J connectivity index is 1.03. The summed E-state index contributed by atoms with van der Waals surface area (Å²) in [4.78, 5) is 5.06. The van der Waals surface area contributed by atoms with Crippen molar-refractivity contribution >= 4 is 39.2 Å². The normalized spacial score (nSPS) is 13.2. The minimum atomic E-state index is -0.105. The van der Waals surface area contributed by atoms with Gasteiger partial charge in [0.25, 0.3) is 0 Å². The van der Waals surface area contributed by atoms with Crippen molar-refractivity contribution in [3.05, 3.63) is 234 Å². The first-order valence-electron chi connectivity index (χ1n) is 20.3. The van der Waals surface area contributed by atoms with Crippen molar-refractivity contribution in [2.24, 2.45) is 4.99 Å². The van der Waals surface area contributed by atoms with Crippen LogP contribution in [0.1, 0.15) is 41.7 Å². The maximum Gasteiger partial charge on any atom is 0.0729 e. The molecule has 2 nitrogen and oxygen atoms in total. The third-order valence-corrected chi connectivity index (χ3v) is 12.0. The summed E-state index contributed by atoms with van der Waals surface area (Å²) in [6.45, 7) is 4.73. The van der Waals surface area contributed by atoms with Crippen molar-refractivity contribution in [2.75, 3.05) is 0 Å². The zero-order valence-corrected chi connectivity index (χ0v) is 33.2. The van der Waals surface area contributed by atoms with E-state index in [9.17, 15) is 5.41 Å². The van der Waals surface area contributed by atoms with Gasteiger partial charge in [0.1, 0.15) is 0 Å². The van der Waals surface area contributed by atoms with Crippen LogP contribution in [0.25, 0.3) is 71.7 Å². The van der Waals surface area contributed by atoms with Crippen molar-refractivity contribution in [2.45, 2.75) is 19.3 Å². The first-order valence-corrected chi connectivity index (χ1v) is 20.3. The van der Waals surface area contributed by atoms with Gasteiger partial charge in [-0.15, -0.1) is 0 Å². The van der Waals surface area contributed by atoms with Gasteiger partial charge >= 0.3 is 0 Å². The quantitative estimate of drug-likeness (QED) is 0.150. The van der Waals surface area contributed by atoms with E-state index in [0.717, 1.165) is 55.4 Å². The fourth-order valence-corrected chi connectivity index (χ4v) is 9.06. The second kappa shape index (κ2) is 14.8. The summed E-state index contributed by atoms with van der Waals surface area (Å²) in [5.41, 5.74) is 16.4. The number of nitrogens with zero attached hydrogens (tertiary/aromatic N) is 1. The minimum absolute atomic E-state index is 0.105. The molecule has 9 aromatic rings. The van der Waals surface area contributed by atoms with E-state index in [2.05, 4.69) is 153 Å². The lowest BCUT2D eigenvalue weighted by Gasteiger charge is -2.23. The van der Waals surface area contributed by atoms with E-state index in [0.29, 0.717) is 5.71 Å². The minimum Gasteiger partial charge on any atom is -0.300 e. The Morgan fingerprint density at radius 2 is 1.07 bits per heavy atom. The molecular weight excluding hydrogens is 713 g/mol. The molecular formula is C57H42N2. The van der Waals surface area contributed by atoms with Gasteiger partial charge in [-0.05, 0) is 94.4 Å². The largest absolute Gasteiger partial charge is 0.300 e. The Morgan fingerprint density at radius 3 is 1.81 bits per heavy atom. The Bertz CT molecular complexity index is 3100. The summed E-state index contributed by atoms with van der Waals surface area (Å²) in [5, 5.41) is 14.1. The Kier molecular flexibility index (Phi) is 9.03. The molecule has 1 aliphatic carbocycles. The molecule has 59 heavy (non-hydrogen) atoms. The second-order valence-corrected chi connectivity index (χ2v) is 15.9. The van der Waals surface area contributed by atoms with Gasteiger partial charge in [-0.25, -0.2) is 0 Å². The molecule has 0 saturated heterocycles. The van der Waals surface area contributed by atoms with Crippen molar-refractivity contribution in [1.82, 2.24) is 0 Å². The summed E-state index contributed by atoms with van der Waals surface area (Å²) in [7, 11) is 0. The number of aliphatic imine (C=N–C) groups is 1. The SMILES string of the molecule is CC1(C)c2cccc(-c3ccc(-c4ccc(/C(=C/C(=N)c5ccc(-c6ccccc6)cc5)N=Cc5ccccc5)c5ccccc45)cc3)c2-c2ccc3ccccc3c21. The van der Waals surface area contributed by atoms with Crippen LogP contribution < -0.4 is 0 Å². The topological polar surface area (TPSA) is 36.2 Å². The van der Waals surface area contributed by atoms with Gasteiger partial charge < -0.3 is 5.41 Å². The van der Waals surface area contributed by atoms with E-state index < -0.39 is 0 Å². The summed E-state index contributed by atoms with van der Waals surface area (Å²) < 4.78 is 0. The van der Waals surface area contributed by atoms with E-state index in [-0.39, 0.29) is 5.41 Å². The average Bonchev–Trinajstić information content (AvgIpc) is 3.54. The Labute approximate surface area is 346 Å². The Hall–Kier alpha value is -7.42. The van der Waals surface area contributed by atoms with E-state index in [1.807, 2.05) is 73.0 Å². The van der Waals surface area contributed by atoms with E-state index in [1.54, 1.807) is 0 Å². The van der Waals surface area contributed by atoms with Crippen LogP contribution in [-0.4, -0.2) is 11.9 Å². The summed E-state index contributed by atoms with van der Waals surface area (Å²) in [6, 6.07) is 70.9. The predicted molar refractivity (Wildman–Crippen MR) is 251 cm³/mol. The first-order chi connectivity index (χ1) is 28.9. The van der Waals surface area contributed by atoms with Crippen molar-refractivity contribution in [1.29, 1.82) is 5.41 Å². The average molecular weight is 755 g/mol. The number of hydrogen-bond acceptors (Lipinski definition) is 2. The number of fused-ring (bicyclic) bond motifs is 6. The van der Waals surface area contributed by atoms with Crippen LogP contribution in [0.5, 0.6) is 0 Å². The lowest BCUT2D eigenvalue weighted by atomic mass is 9.80. The molecule has 0 heterocycles. The van der Waals surface area contributed by atoms with Gasteiger partial charge in [0.05, 0.1) is 11.4 Å². The molecule has 0 saturated carbocycles. The number of nitrogens with one attached hydrogen (secondary N) is 1. The molecule has 0 unspecified atom stereocenters. The molecule has 0 fully saturated rings. The maximum absolute atomic E-state index is 9.24. The summed E-state index contributed by atoms with van der Waals surface area (Å²) in [6.07, 6.45) is 3.79. The van der Waals surface area contributed by atoms with Gasteiger partial charge in [0, 0.05) is 17.2 Å². The van der Waals surface area contributed by atoms with Crippen molar-refractivity contribution in [3.63, 3.8) is 0 Å². The van der Waals surface area contributed by atoms with Crippen LogP contribution in [0, 0.1) is 5.41 Å². The molecule has 1 N–H and O–H groups in total. The van der Waals surface area contributed by atoms with E-state index >= 15 is 0 Å². The van der Waals surface area contributed by atoms with Gasteiger partial charge in [-0.1, -0.05) is 214 Å². The second-order valence-electron chi connectivity index (χ2n) is 15.9. The monoisotopic (exact) mass is 754 g/mol. The van der Waals surface area contributed by atoms with Crippen molar-refractivity contribution < 1.29 is 0 Å². The highest BCUT2D eigenvalue weighted by molar-refractivity contribution is 6.13. The third kappa shape index (κ3) is 6.49. The molecule has 1 aliphatic rings. The fourth-order valence-electron chi connectivity index (χ4n) is 9.06. The molecule has 0 atom stereocenters. The zero-order chi connectivity index (χ0) is 39.9. The smallest absolute Gasteiger partial charge is 0.0729 e. The fraction of sp³-hybridized carbons (Fsp3) is 0.0526. The van der Waals surface area contributed by atoms with Gasteiger partial charge in [0.15, 0.2) is 0 Å². The number of rotatable bonds is 8. The molecule has 0 radical (unpaired) electrons. The predicted octanol–water partition coefficient (Wildman–Crippen LogP) is 14.8. The summed E-state index contributed by atoms with van der Waals surface area (Å²) in [5.74, 6) is 0. The van der Waals surface area contributed by atoms with Crippen LogP contribution in [0.3, 0.4) is 0 Å². The standard InChI is InChI=1S/C57H42N2/c1-57(2)52-23-13-22-46(55(52)51-33-32-41-18-9-10-19-47(41)56(51)57)43-28-26-42(27-29-43)45-34-35-50(49-21-12-11-20-48(45)49)54(59-37-38-14-5-3-6-15-38)36-53(58)44-30-24-40(25-31-44)39-16-7-4-8-17-39/h3-37,58H,1-2H3/b54-36-,58-53?,59-37?. The van der Waals surface area contributed by atoms with Crippen LogP contribution >= 0.6 is 0 Å². The van der Waals surface area contributed by atoms with Crippen LogP contribution in [0.4, 0.5) is 0 Å². The third-order valence-electron chi connectivity index (χ3n) is 12.0. The highest BCUT2D eigenvalue weighted by atomic mass is 14.7. The molecule has 9 aromatic carbocycles. The molecule has 0 aliphatic heterocycles. The van der Waals surface area contributed by atoms with Crippen LogP contribution in [-0.2, 0) is 5.41 Å². The van der Waals surface area contributed by atoms with Gasteiger partial charge in [-0.2, -0.15) is 0 Å². The molecule has 2 heteroatoms. The molecule has 280 valence electrons. The zero-order valence-electron chi connectivity index (χ0n) is 33.2.